The lowest BCUT2D eigenvalue weighted by Gasteiger charge is -2.56. The number of ether oxygens (including phenoxy) is 4. The van der Waals surface area contributed by atoms with Crippen LogP contribution in [0.15, 0.2) is 12.2 Å². The highest BCUT2D eigenvalue weighted by Gasteiger charge is 2.78. The zero-order valence-corrected chi connectivity index (χ0v) is 22.8. The van der Waals surface area contributed by atoms with Crippen molar-refractivity contribution in [3.05, 3.63) is 12.2 Å². The zero-order valence-electron chi connectivity index (χ0n) is 22.8. The Bertz CT molecular complexity index is 1120. The molecular weight excluding hydrogens is 492 g/mol. The molecule has 210 valence electrons. The van der Waals surface area contributed by atoms with Gasteiger partial charge in [0.25, 0.3) is 0 Å². The summed E-state index contributed by atoms with van der Waals surface area (Å²) in [5.41, 5.74) is -3.88. The van der Waals surface area contributed by atoms with Crippen molar-refractivity contribution in [1.29, 1.82) is 0 Å². The van der Waals surface area contributed by atoms with Crippen molar-refractivity contribution in [3.63, 3.8) is 0 Å². The molecule has 7 aliphatic rings. The zero-order chi connectivity index (χ0) is 27.2. The minimum atomic E-state index is -1.32. The normalized spacial score (nSPS) is 59.4. The second kappa shape index (κ2) is 7.47. The van der Waals surface area contributed by atoms with E-state index in [4.69, 9.17) is 18.9 Å². The van der Waals surface area contributed by atoms with Gasteiger partial charge in [-0.3, -0.25) is 9.59 Å². The topological polar surface area (TPSA) is 138 Å². The molecule has 3 saturated heterocycles. The van der Waals surface area contributed by atoms with Crippen LogP contribution in [0.1, 0.15) is 66.7 Å². The quantitative estimate of drug-likeness (QED) is 0.366. The smallest absolute Gasteiger partial charge is 0.302 e. The molecule has 9 heteroatoms. The van der Waals surface area contributed by atoms with Crippen molar-refractivity contribution in [3.8, 4) is 0 Å². The molecule has 0 aromatic heterocycles. The number of carbonyl (C=O) groups is 2. The monoisotopic (exact) mass is 532 g/mol. The van der Waals surface area contributed by atoms with Crippen LogP contribution < -0.4 is 0 Å². The van der Waals surface area contributed by atoms with Gasteiger partial charge in [0.05, 0.1) is 23.7 Å². The summed E-state index contributed by atoms with van der Waals surface area (Å²) in [7, 11) is 0. The first-order valence-electron chi connectivity index (χ1n) is 14.2. The molecule has 38 heavy (non-hydrogen) atoms. The standard InChI is InChI=1S/C29H40O9/c1-13(30)35-17-11-18(27(4,34)21-12-26(3)28(5,38-26)24(33)36-21)25(2)9-8-14-15(23(17)25)10-20-29(37-20)19(32)7-6-16(31)22(14)29/h6-7,14-15,17-24,32-34H,8-12H2,1-5H3. The van der Waals surface area contributed by atoms with E-state index in [-0.39, 0.29) is 41.5 Å². The van der Waals surface area contributed by atoms with E-state index in [0.717, 1.165) is 12.8 Å². The number of epoxide rings is 2. The van der Waals surface area contributed by atoms with Gasteiger partial charge >= 0.3 is 5.97 Å². The van der Waals surface area contributed by atoms with Crippen LogP contribution in [0.3, 0.4) is 0 Å². The van der Waals surface area contributed by atoms with Gasteiger partial charge in [-0.2, -0.15) is 0 Å². The first-order valence-corrected chi connectivity index (χ1v) is 14.2. The summed E-state index contributed by atoms with van der Waals surface area (Å²) in [6, 6.07) is 0. The summed E-state index contributed by atoms with van der Waals surface area (Å²) in [6.45, 7) is 9.16. The molecule has 15 atom stereocenters. The van der Waals surface area contributed by atoms with Gasteiger partial charge in [-0.25, -0.2) is 0 Å². The third-order valence-electron chi connectivity index (χ3n) is 12.3. The molecule has 3 N–H and O–H groups in total. The van der Waals surface area contributed by atoms with Crippen LogP contribution in [-0.2, 0) is 28.5 Å². The third-order valence-corrected chi connectivity index (χ3v) is 12.3. The van der Waals surface area contributed by atoms with Crippen LogP contribution in [0.5, 0.6) is 0 Å². The number of fused-ring (bicyclic) bond motifs is 5. The van der Waals surface area contributed by atoms with Gasteiger partial charge < -0.3 is 34.3 Å². The molecule has 0 aromatic carbocycles. The van der Waals surface area contributed by atoms with E-state index in [0.29, 0.717) is 19.3 Å². The van der Waals surface area contributed by atoms with Gasteiger partial charge in [-0.1, -0.05) is 6.92 Å². The second-order valence-electron chi connectivity index (χ2n) is 14.1. The van der Waals surface area contributed by atoms with Crippen molar-refractivity contribution < 1.29 is 43.9 Å². The summed E-state index contributed by atoms with van der Waals surface area (Å²) < 4.78 is 24.0. The number of aliphatic hydroxyl groups excluding tert-OH is 2. The van der Waals surface area contributed by atoms with E-state index in [9.17, 15) is 24.9 Å². The number of hydrogen-bond acceptors (Lipinski definition) is 9. The number of esters is 1. The SMILES string of the molecule is CC(=O)OC1CC(C(C)(O)C2CC3(C)OC3(C)C(O)O2)C2(C)CCC3C(CC4OC45C(O)C=CC(=O)C35)C12. The molecule has 3 heterocycles. The minimum Gasteiger partial charge on any atom is -0.462 e. The molecule has 4 aliphatic carbocycles. The first-order chi connectivity index (χ1) is 17.7. The van der Waals surface area contributed by atoms with Gasteiger partial charge in [0.2, 0.25) is 0 Å². The number of rotatable bonds is 3. The Morgan fingerprint density at radius 2 is 1.92 bits per heavy atom. The van der Waals surface area contributed by atoms with Crippen molar-refractivity contribution >= 4 is 11.8 Å². The second-order valence-corrected chi connectivity index (χ2v) is 14.1. The maximum atomic E-state index is 13.2. The Hall–Kier alpha value is -1.36. The molecule has 3 saturated carbocycles. The van der Waals surface area contributed by atoms with Crippen molar-refractivity contribution in [2.24, 2.45) is 35.0 Å². The largest absolute Gasteiger partial charge is 0.462 e. The van der Waals surface area contributed by atoms with Crippen molar-refractivity contribution in [1.82, 2.24) is 0 Å². The maximum absolute atomic E-state index is 13.2. The van der Waals surface area contributed by atoms with E-state index in [2.05, 4.69) is 6.92 Å². The van der Waals surface area contributed by atoms with Crippen molar-refractivity contribution in [2.75, 3.05) is 0 Å². The molecule has 0 aromatic rings. The summed E-state index contributed by atoms with van der Waals surface area (Å²) >= 11 is 0. The highest BCUT2D eigenvalue weighted by molar-refractivity contribution is 5.95. The van der Waals surface area contributed by atoms with Crippen molar-refractivity contribution in [2.45, 2.75) is 120 Å². The van der Waals surface area contributed by atoms with E-state index in [1.807, 2.05) is 13.8 Å². The van der Waals surface area contributed by atoms with Crippen LogP contribution in [0.4, 0.5) is 0 Å². The Balaban J connectivity index is 1.23. The lowest BCUT2D eigenvalue weighted by atomic mass is 9.48. The highest BCUT2D eigenvalue weighted by atomic mass is 16.7. The van der Waals surface area contributed by atoms with E-state index in [1.54, 1.807) is 13.0 Å². The number of allylic oxidation sites excluding steroid dienone is 1. The fourth-order valence-electron chi connectivity index (χ4n) is 10.2. The molecule has 7 rings (SSSR count). The molecule has 6 fully saturated rings. The molecule has 0 amide bonds. The fourth-order valence-corrected chi connectivity index (χ4v) is 10.2. The van der Waals surface area contributed by atoms with E-state index in [1.165, 1.54) is 13.0 Å². The van der Waals surface area contributed by atoms with E-state index < -0.39 is 58.3 Å². The Morgan fingerprint density at radius 3 is 2.61 bits per heavy atom. The first kappa shape index (κ1) is 25.6. The molecule has 3 aliphatic heterocycles. The molecule has 0 bridgehead atoms. The maximum Gasteiger partial charge on any atom is 0.302 e. The van der Waals surface area contributed by atoms with Crippen LogP contribution in [0, 0.1) is 35.0 Å². The number of aliphatic hydroxyl groups is 3. The van der Waals surface area contributed by atoms with Gasteiger partial charge in [-0.05, 0) is 81.8 Å². The lowest BCUT2D eigenvalue weighted by Crippen LogP contribution is -2.61. The molecular formula is C29H40O9. The molecule has 0 radical (unpaired) electrons. The summed E-state index contributed by atoms with van der Waals surface area (Å²) in [6.07, 6.45) is 2.96. The predicted octanol–water partition coefficient (Wildman–Crippen LogP) is 1.65. The summed E-state index contributed by atoms with van der Waals surface area (Å²) in [5.74, 6) is -1.05. The fraction of sp³-hybridized carbons (Fsp3) is 0.862. The number of carbonyl (C=O) groups excluding carboxylic acids is 2. The van der Waals surface area contributed by atoms with Crippen LogP contribution in [-0.4, -0.2) is 80.2 Å². The van der Waals surface area contributed by atoms with Gasteiger partial charge in [0.15, 0.2) is 12.1 Å². The molecule has 9 nitrogen and oxygen atoms in total. The summed E-state index contributed by atoms with van der Waals surface area (Å²) in [5, 5.41) is 33.7. The summed E-state index contributed by atoms with van der Waals surface area (Å²) in [4.78, 5) is 25.5. The van der Waals surface area contributed by atoms with Crippen LogP contribution in [0.25, 0.3) is 0 Å². The Labute approximate surface area is 222 Å². The molecule has 1 spiro atoms. The van der Waals surface area contributed by atoms with Crippen LogP contribution >= 0.6 is 0 Å². The van der Waals surface area contributed by atoms with Crippen LogP contribution in [0.2, 0.25) is 0 Å². The van der Waals surface area contributed by atoms with Gasteiger partial charge in [-0.15, -0.1) is 0 Å². The van der Waals surface area contributed by atoms with E-state index >= 15 is 0 Å². The number of ketones is 1. The van der Waals surface area contributed by atoms with Gasteiger partial charge in [0.1, 0.15) is 29.0 Å². The molecule has 15 unspecified atom stereocenters. The average Bonchev–Trinajstić information content (AvgIpc) is 3.65. The third kappa shape index (κ3) is 2.98. The highest BCUT2D eigenvalue weighted by Crippen LogP contribution is 2.70. The minimum absolute atomic E-state index is 0.00648. The average molecular weight is 533 g/mol. The predicted molar refractivity (Wildman–Crippen MR) is 131 cm³/mol. The Kier molecular flexibility index (Phi) is 5.04. The number of hydrogen-bond donors (Lipinski definition) is 3. The Morgan fingerprint density at radius 1 is 1.18 bits per heavy atom. The lowest BCUT2D eigenvalue weighted by molar-refractivity contribution is -0.247. The van der Waals surface area contributed by atoms with Gasteiger partial charge in [0, 0.05) is 19.3 Å².